The zero-order valence-electron chi connectivity index (χ0n) is 23.3. The van der Waals surface area contributed by atoms with Crippen LogP contribution in [0.4, 0.5) is 16.2 Å². The van der Waals surface area contributed by atoms with Crippen molar-refractivity contribution in [1.29, 1.82) is 5.26 Å². The van der Waals surface area contributed by atoms with Gasteiger partial charge in [0.05, 0.1) is 29.2 Å². The summed E-state index contributed by atoms with van der Waals surface area (Å²) in [6.45, 7) is 1.41. The van der Waals surface area contributed by atoms with E-state index in [4.69, 9.17) is 15.4 Å². The van der Waals surface area contributed by atoms with Crippen LogP contribution in [0, 0.1) is 11.3 Å². The lowest BCUT2D eigenvalue weighted by Gasteiger charge is -2.23. The largest absolute Gasteiger partial charge is 0.465 e. The smallest absolute Gasteiger partial charge is 0.404 e. The molecule has 0 aliphatic rings. The Morgan fingerprint density at radius 3 is 2.38 bits per heavy atom. The highest BCUT2D eigenvalue weighted by atomic mass is 16.4. The van der Waals surface area contributed by atoms with Crippen LogP contribution >= 0.6 is 0 Å². The second-order valence-electron chi connectivity index (χ2n) is 9.66. The number of carboxylic acid groups (broad SMARTS) is 1. The molecule has 0 fully saturated rings. The number of nitrogens with zero attached hydrogens (tertiary/aromatic N) is 4. The van der Waals surface area contributed by atoms with Crippen LogP contribution in [0.15, 0.2) is 72.8 Å². The summed E-state index contributed by atoms with van der Waals surface area (Å²) in [7, 11) is 1.92. The molecule has 4 N–H and O–H groups in total. The maximum atomic E-state index is 13.7. The summed E-state index contributed by atoms with van der Waals surface area (Å²) in [6.07, 6.45) is 0.307. The number of para-hydroxylation sites is 1. The maximum Gasteiger partial charge on any atom is 0.404 e. The lowest BCUT2D eigenvalue weighted by Crippen LogP contribution is -2.35. The number of nitriles is 1. The van der Waals surface area contributed by atoms with E-state index in [1.165, 1.54) is 0 Å². The minimum absolute atomic E-state index is 0.116. The molecule has 0 saturated heterocycles. The fourth-order valence-electron chi connectivity index (χ4n) is 4.47. The van der Waals surface area contributed by atoms with Crippen LogP contribution in [-0.4, -0.2) is 52.2 Å². The first-order chi connectivity index (χ1) is 20.4. The molecule has 0 aliphatic heterocycles. The van der Waals surface area contributed by atoms with Crippen LogP contribution < -0.4 is 20.9 Å². The summed E-state index contributed by atoms with van der Waals surface area (Å²) in [5, 5.41) is 26.0. The summed E-state index contributed by atoms with van der Waals surface area (Å²) >= 11 is 0. The SMILES string of the molecule is Cn1c(CNc2ccc(C#N)cc2)nc2cc(C(=O)N(CCC(=O)NCCCCNC(=O)O)c3ccccc3)ccc21. The summed E-state index contributed by atoms with van der Waals surface area (Å²) in [5.74, 6) is 0.363. The topological polar surface area (TPSA) is 152 Å². The lowest BCUT2D eigenvalue weighted by molar-refractivity contribution is -0.120. The highest BCUT2D eigenvalue weighted by molar-refractivity contribution is 6.07. The minimum atomic E-state index is -1.07. The van der Waals surface area contributed by atoms with Gasteiger partial charge in [-0.25, -0.2) is 9.78 Å². The Hall–Kier alpha value is -5.37. The third-order valence-electron chi connectivity index (χ3n) is 6.76. The molecule has 216 valence electrons. The highest BCUT2D eigenvalue weighted by Gasteiger charge is 2.20. The molecule has 42 heavy (non-hydrogen) atoms. The third kappa shape index (κ3) is 7.85. The van der Waals surface area contributed by atoms with E-state index in [0.717, 1.165) is 17.0 Å². The molecule has 3 aromatic carbocycles. The molecule has 4 aromatic rings. The van der Waals surface area contributed by atoms with E-state index in [1.807, 2.05) is 60.1 Å². The standard InChI is InChI=1S/C31H33N7O4/c1-37-27-14-11-23(19-26(27)36-28(37)21-35-24-12-9-22(20-32)10-13-24)30(40)38(25-7-3-2-4-8-25)18-15-29(39)33-16-5-6-17-34-31(41)42/h2-4,7-14,19,34-35H,5-6,15-18,21H2,1H3,(H,33,39)(H,41,42). The summed E-state index contributed by atoms with van der Waals surface area (Å²) in [6, 6.07) is 23.9. The van der Waals surface area contributed by atoms with Gasteiger partial charge in [-0.3, -0.25) is 9.59 Å². The lowest BCUT2D eigenvalue weighted by atomic mass is 10.1. The fraction of sp³-hybridized carbons (Fsp3) is 0.258. The number of carbonyl (C=O) groups is 3. The molecule has 0 bridgehead atoms. The zero-order valence-corrected chi connectivity index (χ0v) is 23.3. The number of rotatable bonds is 13. The molecule has 4 rings (SSSR count). The van der Waals surface area contributed by atoms with Gasteiger partial charge in [0.25, 0.3) is 5.91 Å². The summed E-state index contributed by atoms with van der Waals surface area (Å²) < 4.78 is 1.97. The number of aromatic nitrogens is 2. The number of amides is 3. The van der Waals surface area contributed by atoms with Gasteiger partial charge in [0, 0.05) is 50.0 Å². The van der Waals surface area contributed by atoms with Gasteiger partial charge in [-0.15, -0.1) is 0 Å². The van der Waals surface area contributed by atoms with Gasteiger partial charge < -0.3 is 30.5 Å². The number of hydrogen-bond acceptors (Lipinski definition) is 6. The van der Waals surface area contributed by atoms with Crippen LogP contribution in [0.3, 0.4) is 0 Å². The average Bonchev–Trinajstić information content (AvgIpc) is 3.32. The Kier molecular flexibility index (Phi) is 10.1. The second kappa shape index (κ2) is 14.3. The molecule has 11 nitrogen and oxygen atoms in total. The minimum Gasteiger partial charge on any atom is -0.465 e. The van der Waals surface area contributed by atoms with Gasteiger partial charge >= 0.3 is 6.09 Å². The number of hydrogen-bond donors (Lipinski definition) is 4. The van der Waals surface area contributed by atoms with Crippen molar-refractivity contribution in [3.8, 4) is 6.07 Å². The molecular formula is C31H33N7O4. The number of benzene rings is 3. The van der Waals surface area contributed by atoms with E-state index in [2.05, 4.69) is 22.0 Å². The van der Waals surface area contributed by atoms with Crippen LogP contribution in [-0.2, 0) is 18.4 Å². The normalized spacial score (nSPS) is 10.6. The first kappa shape index (κ1) is 29.6. The van der Waals surface area contributed by atoms with E-state index in [9.17, 15) is 14.4 Å². The number of aryl methyl sites for hydroxylation is 1. The van der Waals surface area contributed by atoms with Gasteiger partial charge in [0.2, 0.25) is 5.91 Å². The van der Waals surface area contributed by atoms with Crippen LogP contribution in [0.2, 0.25) is 0 Å². The van der Waals surface area contributed by atoms with Gasteiger partial charge in [-0.05, 0) is 67.4 Å². The van der Waals surface area contributed by atoms with Crippen molar-refractivity contribution in [3.63, 3.8) is 0 Å². The van der Waals surface area contributed by atoms with Crippen molar-refractivity contribution in [2.45, 2.75) is 25.8 Å². The van der Waals surface area contributed by atoms with E-state index in [-0.39, 0.29) is 24.8 Å². The molecule has 3 amide bonds. The number of nitrogens with one attached hydrogen (secondary N) is 3. The highest BCUT2D eigenvalue weighted by Crippen LogP contribution is 2.22. The maximum absolute atomic E-state index is 13.7. The number of carbonyl (C=O) groups excluding carboxylic acids is 2. The van der Waals surface area contributed by atoms with Gasteiger partial charge in [0.1, 0.15) is 5.82 Å². The van der Waals surface area contributed by atoms with Gasteiger partial charge in [0.15, 0.2) is 0 Å². The van der Waals surface area contributed by atoms with Crippen molar-refractivity contribution in [2.75, 3.05) is 29.9 Å². The first-order valence-corrected chi connectivity index (χ1v) is 13.7. The van der Waals surface area contributed by atoms with Crippen LogP contribution in [0.25, 0.3) is 11.0 Å². The quantitative estimate of drug-likeness (QED) is 0.176. The molecule has 0 atom stereocenters. The van der Waals surface area contributed by atoms with Gasteiger partial charge in [-0.2, -0.15) is 5.26 Å². The monoisotopic (exact) mass is 567 g/mol. The Morgan fingerprint density at radius 1 is 0.976 bits per heavy atom. The number of imidazole rings is 1. The Morgan fingerprint density at radius 2 is 1.69 bits per heavy atom. The van der Waals surface area contributed by atoms with E-state index >= 15 is 0 Å². The van der Waals surface area contributed by atoms with Crippen molar-refractivity contribution in [3.05, 3.63) is 89.7 Å². The number of fused-ring (bicyclic) bond motifs is 1. The van der Waals surface area contributed by atoms with E-state index in [0.29, 0.717) is 54.8 Å². The van der Waals surface area contributed by atoms with E-state index in [1.54, 1.807) is 29.2 Å². The predicted molar refractivity (Wildman–Crippen MR) is 160 cm³/mol. The Bertz CT molecular complexity index is 1580. The van der Waals surface area contributed by atoms with Crippen LogP contribution in [0.5, 0.6) is 0 Å². The Labute approximate surface area is 243 Å². The molecule has 1 heterocycles. The Balaban J connectivity index is 1.42. The van der Waals surface area contributed by atoms with Gasteiger partial charge in [-0.1, -0.05) is 18.2 Å². The molecular weight excluding hydrogens is 534 g/mol. The third-order valence-corrected chi connectivity index (χ3v) is 6.76. The first-order valence-electron chi connectivity index (χ1n) is 13.7. The van der Waals surface area contributed by atoms with Crippen molar-refractivity contribution in [1.82, 2.24) is 20.2 Å². The zero-order chi connectivity index (χ0) is 29.9. The predicted octanol–water partition coefficient (Wildman–Crippen LogP) is 4.26. The fourth-order valence-corrected chi connectivity index (χ4v) is 4.47. The van der Waals surface area contributed by atoms with Crippen LogP contribution in [0.1, 0.15) is 41.0 Å². The molecule has 11 heteroatoms. The number of anilines is 2. The van der Waals surface area contributed by atoms with Crippen molar-refractivity contribution < 1.29 is 19.5 Å². The molecule has 0 aliphatic carbocycles. The van der Waals surface area contributed by atoms with Crippen molar-refractivity contribution in [2.24, 2.45) is 7.05 Å². The molecule has 0 saturated carbocycles. The van der Waals surface area contributed by atoms with Crippen molar-refractivity contribution >= 4 is 40.3 Å². The number of unbranched alkanes of at least 4 members (excludes halogenated alkanes) is 1. The summed E-state index contributed by atoms with van der Waals surface area (Å²) in [4.78, 5) is 43.1. The van der Waals surface area contributed by atoms with E-state index < -0.39 is 6.09 Å². The molecule has 0 spiro atoms. The average molecular weight is 568 g/mol. The summed E-state index contributed by atoms with van der Waals surface area (Å²) in [5.41, 5.74) is 4.17. The molecule has 0 unspecified atom stereocenters. The molecule has 0 radical (unpaired) electrons. The second-order valence-corrected chi connectivity index (χ2v) is 9.66. The molecule has 1 aromatic heterocycles.